The molecule has 4 aliphatic rings. The van der Waals surface area contributed by atoms with Crippen LogP contribution in [0.15, 0.2) is 53.9 Å². The highest BCUT2D eigenvalue weighted by Gasteiger charge is 2.72. The molecule has 9 heteroatoms. The highest BCUT2D eigenvalue weighted by molar-refractivity contribution is 7.09. The normalized spacial score (nSPS) is 35.4. The summed E-state index contributed by atoms with van der Waals surface area (Å²) in [5, 5.41) is 8.67. The molecule has 3 aliphatic heterocycles. The number of nitrogens with zero attached hydrogens (tertiary/aromatic N) is 1. The Morgan fingerprint density at radius 2 is 2.03 bits per heavy atom. The van der Waals surface area contributed by atoms with Gasteiger partial charge in [0.15, 0.2) is 0 Å². The molecule has 2 bridgehead atoms. The third-order valence-corrected chi connectivity index (χ3v) is 10.1. The van der Waals surface area contributed by atoms with Crippen molar-refractivity contribution in [1.29, 1.82) is 0 Å². The fraction of sp³-hybridized carbons (Fsp3) is 0.483. The van der Waals surface area contributed by atoms with Crippen molar-refractivity contribution in [2.24, 2.45) is 23.7 Å². The molecule has 1 aliphatic carbocycles. The molecule has 7 nitrogen and oxygen atoms in total. The molecule has 0 radical (unpaired) electrons. The van der Waals surface area contributed by atoms with Crippen molar-refractivity contribution < 1.29 is 19.1 Å². The first-order valence-electron chi connectivity index (χ1n) is 13.4. The molecule has 6 rings (SSSR count). The van der Waals surface area contributed by atoms with Gasteiger partial charge in [0.2, 0.25) is 17.7 Å². The molecule has 8 atom stereocenters. The second-order valence-corrected chi connectivity index (χ2v) is 12.6. The molecular formula is C29H32ClN3O4S. The maximum absolute atomic E-state index is 14.1. The Kier molecular flexibility index (Phi) is 6.61. The molecule has 2 aromatic rings. The molecule has 3 amide bonds. The van der Waals surface area contributed by atoms with Gasteiger partial charge in [0.25, 0.3) is 0 Å². The van der Waals surface area contributed by atoms with E-state index in [-0.39, 0.29) is 23.8 Å². The van der Waals surface area contributed by atoms with Gasteiger partial charge < -0.3 is 20.3 Å². The van der Waals surface area contributed by atoms with Crippen LogP contribution in [0.2, 0.25) is 5.02 Å². The van der Waals surface area contributed by atoms with E-state index in [0.717, 1.165) is 24.1 Å². The first-order chi connectivity index (χ1) is 18.3. The first kappa shape index (κ1) is 25.6. The van der Waals surface area contributed by atoms with Crippen molar-refractivity contribution in [2.75, 3.05) is 5.32 Å². The third kappa shape index (κ3) is 4.17. The Morgan fingerprint density at radius 1 is 1.18 bits per heavy atom. The Balaban J connectivity index is 1.32. The minimum absolute atomic E-state index is 0.0462. The molecule has 200 valence electrons. The fourth-order valence-corrected chi connectivity index (χ4v) is 7.74. The predicted octanol–water partition coefficient (Wildman–Crippen LogP) is 4.63. The van der Waals surface area contributed by atoms with Crippen LogP contribution in [0.25, 0.3) is 0 Å². The summed E-state index contributed by atoms with van der Waals surface area (Å²) in [5.74, 6) is -1.40. The highest BCUT2D eigenvalue weighted by atomic mass is 35.5. The molecule has 1 saturated carbocycles. The van der Waals surface area contributed by atoms with Crippen molar-refractivity contribution >= 4 is 46.3 Å². The van der Waals surface area contributed by atoms with Crippen LogP contribution >= 0.6 is 22.9 Å². The van der Waals surface area contributed by atoms with E-state index in [1.165, 1.54) is 0 Å². The lowest BCUT2D eigenvalue weighted by Gasteiger charge is -2.38. The Hall–Kier alpha value is -2.68. The number of hydrogen-bond acceptors (Lipinski definition) is 5. The van der Waals surface area contributed by atoms with Crippen LogP contribution in [0.4, 0.5) is 5.69 Å². The molecule has 38 heavy (non-hydrogen) atoms. The lowest BCUT2D eigenvalue weighted by Crippen LogP contribution is -2.57. The quantitative estimate of drug-likeness (QED) is 0.511. The van der Waals surface area contributed by atoms with E-state index in [9.17, 15) is 14.4 Å². The van der Waals surface area contributed by atoms with Gasteiger partial charge in [-0.2, -0.15) is 0 Å². The number of ether oxygens (including phenoxy) is 1. The highest BCUT2D eigenvalue weighted by Crippen LogP contribution is 2.55. The Morgan fingerprint density at radius 3 is 2.79 bits per heavy atom. The van der Waals surface area contributed by atoms with Gasteiger partial charge in [0, 0.05) is 21.6 Å². The van der Waals surface area contributed by atoms with Gasteiger partial charge in [0.1, 0.15) is 11.6 Å². The summed E-state index contributed by atoms with van der Waals surface area (Å²) in [5.41, 5.74) is -0.623. The largest absolute Gasteiger partial charge is 0.359 e. The van der Waals surface area contributed by atoms with Crippen LogP contribution < -0.4 is 10.6 Å². The van der Waals surface area contributed by atoms with Gasteiger partial charge in [-0.1, -0.05) is 62.6 Å². The zero-order valence-electron chi connectivity index (χ0n) is 21.4. The first-order valence-corrected chi connectivity index (χ1v) is 14.6. The molecule has 4 heterocycles. The predicted molar refractivity (Wildman–Crippen MR) is 147 cm³/mol. The van der Waals surface area contributed by atoms with Crippen LogP contribution in [0.5, 0.6) is 0 Å². The van der Waals surface area contributed by atoms with Crippen molar-refractivity contribution in [3.63, 3.8) is 0 Å². The van der Waals surface area contributed by atoms with Crippen molar-refractivity contribution in [2.45, 2.75) is 63.4 Å². The van der Waals surface area contributed by atoms with Crippen LogP contribution in [0.3, 0.4) is 0 Å². The summed E-state index contributed by atoms with van der Waals surface area (Å²) in [4.78, 5) is 44.3. The standard InChI is InChI=1S/C29H32ClN3O4S/c1-16-6-3-10-21(17(16)2)32-27(35)25-29-12-11-22(37-29)23(26(34)31-19-8-4-7-18(30)14-19)24(29)28(36)33(25)15-20-9-5-13-38-20/h4-5,7-9,11-14,16-17,21-25H,3,6,10,15H2,1-2H3,(H,31,34)(H,32,35)/t16-,17-,21+,22+,23+,24+,25+,29+/m1/s1. The van der Waals surface area contributed by atoms with Crippen molar-refractivity contribution in [3.05, 3.63) is 63.8 Å². The number of anilines is 1. The smallest absolute Gasteiger partial charge is 0.246 e. The monoisotopic (exact) mass is 553 g/mol. The zero-order chi connectivity index (χ0) is 26.6. The summed E-state index contributed by atoms with van der Waals surface area (Å²) in [6.45, 7) is 4.72. The number of halogens is 1. The van der Waals surface area contributed by atoms with Gasteiger partial charge >= 0.3 is 0 Å². The lowest BCUT2D eigenvalue weighted by atomic mass is 9.73. The third-order valence-electron chi connectivity index (χ3n) is 8.96. The number of rotatable bonds is 6. The molecule has 2 N–H and O–H groups in total. The number of carbonyl (C=O) groups excluding carboxylic acids is 3. The van der Waals surface area contributed by atoms with Gasteiger partial charge in [-0.3, -0.25) is 14.4 Å². The summed E-state index contributed by atoms with van der Waals surface area (Å²) >= 11 is 7.65. The number of hydrogen-bond donors (Lipinski definition) is 2. The topological polar surface area (TPSA) is 87.7 Å². The van der Waals surface area contributed by atoms with Crippen LogP contribution in [0, 0.1) is 23.7 Å². The van der Waals surface area contributed by atoms with Crippen LogP contribution in [-0.4, -0.2) is 46.4 Å². The SMILES string of the molecule is C[C@@H]1[C@H](C)CCC[C@@H]1NC(=O)[C@@H]1N(Cc2cccs2)C(=O)[C@@H]2[C@@H](C(=O)Nc3cccc(Cl)c3)[C@@H]3C=C[C@]21O3. The summed E-state index contributed by atoms with van der Waals surface area (Å²) < 4.78 is 6.45. The number of thiophene rings is 1. The second kappa shape index (κ2) is 9.81. The maximum atomic E-state index is 14.1. The maximum Gasteiger partial charge on any atom is 0.246 e. The van der Waals surface area contributed by atoms with E-state index in [2.05, 4.69) is 24.5 Å². The number of likely N-dealkylation sites (tertiary alicyclic amines) is 1. The van der Waals surface area contributed by atoms with E-state index in [0.29, 0.717) is 29.1 Å². The average Bonchev–Trinajstić information content (AvgIpc) is 3.65. The number of fused-ring (bicyclic) bond motifs is 1. The number of amides is 3. The van der Waals surface area contributed by atoms with Gasteiger partial charge in [-0.05, 0) is 47.9 Å². The molecular weight excluding hydrogens is 522 g/mol. The van der Waals surface area contributed by atoms with E-state index in [4.69, 9.17) is 16.3 Å². The van der Waals surface area contributed by atoms with E-state index < -0.39 is 29.6 Å². The average molecular weight is 554 g/mol. The van der Waals surface area contributed by atoms with Crippen molar-refractivity contribution in [1.82, 2.24) is 10.2 Å². The lowest BCUT2D eigenvalue weighted by molar-refractivity contribution is -0.142. The van der Waals surface area contributed by atoms with Gasteiger partial charge in [-0.15, -0.1) is 11.3 Å². The zero-order valence-corrected chi connectivity index (χ0v) is 23.0. The van der Waals surface area contributed by atoms with Crippen molar-refractivity contribution in [3.8, 4) is 0 Å². The number of carbonyl (C=O) groups is 3. The molecule has 1 aromatic carbocycles. The molecule has 1 aromatic heterocycles. The van der Waals surface area contributed by atoms with Crippen LogP contribution in [0.1, 0.15) is 38.0 Å². The van der Waals surface area contributed by atoms with Crippen LogP contribution in [-0.2, 0) is 25.7 Å². The number of benzene rings is 1. The number of nitrogens with one attached hydrogen (secondary N) is 2. The summed E-state index contributed by atoms with van der Waals surface area (Å²) in [6, 6.07) is 10.0. The molecule has 2 saturated heterocycles. The molecule has 3 fully saturated rings. The summed E-state index contributed by atoms with van der Waals surface area (Å²) in [6.07, 6.45) is 6.26. The Bertz CT molecular complexity index is 1280. The minimum atomic E-state index is -1.18. The van der Waals surface area contributed by atoms with E-state index in [1.54, 1.807) is 40.5 Å². The minimum Gasteiger partial charge on any atom is -0.359 e. The fourth-order valence-electron chi connectivity index (χ4n) is 6.85. The second-order valence-electron chi connectivity index (χ2n) is 11.1. The molecule has 0 unspecified atom stereocenters. The van der Waals surface area contributed by atoms with Gasteiger partial charge in [-0.25, -0.2) is 0 Å². The van der Waals surface area contributed by atoms with Gasteiger partial charge in [0.05, 0.1) is 24.5 Å². The summed E-state index contributed by atoms with van der Waals surface area (Å²) in [7, 11) is 0. The van der Waals surface area contributed by atoms with E-state index >= 15 is 0 Å². The molecule has 1 spiro atoms. The Labute approximate surface area is 231 Å². The van der Waals surface area contributed by atoms with E-state index in [1.807, 2.05) is 29.7 Å².